The highest BCUT2D eigenvalue weighted by atomic mass is 16.9. The zero-order valence-corrected chi connectivity index (χ0v) is 14.4. The Hall–Kier alpha value is -1.90. The van der Waals surface area contributed by atoms with Crippen molar-refractivity contribution in [3.8, 4) is 0 Å². The smallest absolute Gasteiger partial charge is 0.327 e. The van der Waals surface area contributed by atoms with Gasteiger partial charge in [-0.25, -0.2) is 0 Å². The zero-order valence-electron chi connectivity index (χ0n) is 14.4. The van der Waals surface area contributed by atoms with E-state index in [0.717, 1.165) is 0 Å². The number of primary amides is 1. The third kappa shape index (κ3) is 3.54. The molecule has 0 aromatic heterocycles. The van der Waals surface area contributed by atoms with E-state index in [-0.39, 0.29) is 12.5 Å². The van der Waals surface area contributed by atoms with Gasteiger partial charge in [0.05, 0.1) is 22.9 Å². The minimum Gasteiger partial charge on any atom is -0.369 e. The van der Waals surface area contributed by atoms with Crippen molar-refractivity contribution in [2.24, 2.45) is 23.5 Å². The van der Waals surface area contributed by atoms with Gasteiger partial charge in [0.25, 0.3) is 5.09 Å². The van der Waals surface area contributed by atoms with Crippen LogP contribution in [0.2, 0.25) is 0 Å². The first-order valence-corrected chi connectivity index (χ1v) is 7.42. The van der Waals surface area contributed by atoms with E-state index >= 15 is 0 Å². The Morgan fingerprint density at radius 2 is 1.78 bits per heavy atom. The van der Waals surface area contributed by atoms with Crippen LogP contribution in [0.15, 0.2) is 0 Å². The molecule has 0 aliphatic carbocycles. The second-order valence-electron chi connectivity index (χ2n) is 7.17. The number of hydroxylamine groups is 2. The zero-order chi connectivity index (χ0) is 18.2. The Bertz CT molecular complexity index is 503. The van der Waals surface area contributed by atoms with Gasteiger partial charge >= 0.3 is 5.97 Å². The van der Waals surface area contributed by atoms with E-state index in [4.69, 9.17) is 10.6 Å². The predicted octanol–water partition coefficient (Wildman–Crippen LogP) is 0.899. The third-order valence-electron chi connectivity index (χ3n) is 4.44. The number of hydrogen-bond donors (Lipinski definition) is 1. The number of carbonyl (C=O) groups excluding carboxylic acids is 2. The summed E-state index contributed by atoms with van der Waals surface area (Å²) in [5.41, 5.74) is 3.72. The lowest BCUT2D eigenvalue weighted by Crippen LogP contribution is -2.52. The van der Waals surface area contributed by atoms with Crippen molar-refractivity contribution in [3.05, 3.63) is 10.1 Å². The molecule has 1 aliphatic rings. The summed E-state index contributed by atoms with van der Waals surface area (Å²) in [5.74, 6) is -2.83. The van der Waals surface area contributed by atoms with Crippen molar-refractivity contribution in [2.45, 2.75) is 52.6 Å². The second-order valence-corrected chi connectivity index (χ2v) is 7.17. The number of nitrogens with two attached hydrogens (primary N) is 1. The molecule has 1 saturated heterocycles. The van der Waals surface area contributed by atoms with Gasteiger partial charge in [-0.1, -0.05) is 13.8 Å². The summed E-state index contributed by atoms with van der Waals surface area (Å²) in [6, 6.07) is 0. The average molecular weight is 331 g/mol. The molecule has 1 heterocycles. The maximum absolute atomic E-state index is 12.0. The Balaban J connectivity index is 3.22. The van der Waals surface area contributed by atoms with Gasteiger partial charge in [0, 0.05) is 5.92 Å². The summed E-state index contributed by atoms with van der Waals surface area (Å²) >= 11 is 0. The predicted molar refractivity (Wildman–Crippen MR) is 80.0 cm³/mol. The molecule has 2 atom stereocenters. The van der Waals surface area contributed by atoms with Gasteiger partial charge in [-0.15, -0.1) is 15.2 Å². The lowest BCUT2D eigenvalue weighted by molar-refractivity contribution is -0.759. The number of amides is 1. The quantitative estimate of drug-likeness (QED) is 0.566. The normalized spacial score (nSPS) is 26.0. The molecule has 9 heteroatoms. The molecular formula is C14H25N3O6. The summed E-state index contributed by atoms with van der Waals surface area (Å²) in [4.78, 5) is 44.4. The van der Waals surface area contributed by atoms with Gasteiger partial charge in [-0.2, -0.15) is 0 Å². The molecular weight excluding hydrogens is 306 g/mol. The van der Waals surface area contributed by atoms with Crippen molar-refractivity contribution in [1.29, 1.82) is 0 Å². The maximum atomic E-state index is 12.0. The molecule has 0 radical (unpaired) electrons. The average Bonchev–Trinajstić information content (AvgIpc) is 2.52. The molecule has 1 fully saturated rings. The van der Waals surface area contributed by atoms with Crippen molar-refractivity contribution < 1.29 is 24.4 Å². The third-order valence-corrected chi connectivity index (χ3v) is 4.44. The minimum atomic E-state index is -0.926. The molecule has 1 amide bonds. The van der Waals surface area contributed by atoms with Gasteiger partial charge in [-0.3, -0.25) is 9.59 Å². The van der Waals surface area contributed by atoms with E-state index in [1.54, 1.807) is 41.5 Å². The Kier molecular flexibility index (Phi) is 5.25. The molecule has 0 aromatic carbocycles. The largest absolute Gasteiger partial charge is 0.369 e. The van der Waals surface area contributed by atoms with Crippen LogP contribution in [-0.4, -0.2) is 39.7 Å². The van der Waals surface area contributed by atoms with Crippen molar-refractivity contribution >= 4 is 11.9 Å². The van der Waals surface area contributed by atoms with Crippen LogP contribution in [0.5, 0.6) is 0 Å². The van der Waals surface area contributed by atoms with E-state index in [2.05, 4.69) is 4.84 Å². The standard InChI is InChI=1S/C14H25N3O6/c1-8(2)12(19)23-16-13(3,4)9(7-22-17(20)21)10(11(15)18)14(16,5)6/h8-10H,7H2,1-6H3,(H2,15,18). The van der Waals surface area contributed by atoms with Gasteiger partial charge in [0.2, 0.25) is 5.91 Å². The minimum absolute atomic E-state index is 0.313. The van der Waals surface area contributed by atoms with Gasteiger partial charge < -0.3 is 15.4 Å². The molecule has 0 bridgehead atoms. The Labute approximate surface area is 135 Å². The second kappa shape index (κ2) is 6.31. The summed E-state index contributed by atoms with van der Waals surface area (Å²) in [6.07, 6.45) is 0. The topological polar surface area (TPSA) is 125 Å². The Morgan fingerprint density at radius 1 is 1.26 bits per heavy atom. The van der Waals surface area contributed by atoms with Crippen LogP contribution in [0.1, 0.15) is 41.5 Å². The van der Waals surface area contributed by atoms with Gasteiger partial charge in [-0.05, 0) is 27.7 Å². The highest BCUT2D eigenvalue weighted by Crippen LogP contribution is 2.49. The van der Waals surface area contributed by atoms with Gasteiger partial charge in [0.1, 0.15) is 6.61 Å². The monoisotopic (exact) mass is 331 g/mol. The van der Waals surface area contributed by atoms with Crippen molar-refractivity contribution in [3.63, 3.8) is 0 Å². The lowest BCUT2D eigenvalue weighted by Gasteiger charge is -2.39. The summed E-state index contributed by atoms with van der Waals surface area (Å²) in [6.45, 7) is 9.97. The van der Waals surface area contributed by atoms with Crippen LogP contribution in [0.4, 0.5) is 0 Å². The van der Waals surface area contributed by atoms with Crippen LogP contribution in [0.3, 0.4) is 0 Å². The first-order valence-electron chi connectivity index (χ1n) is 7.42. The number of hydrogen-bond acceptors (Lipinski definition) is 7. The van der Waals surface area contributed by atoms with Crippen LogP contribution in [-0.2, 0) is 19.3 Å². The molecule has 23 heavy (non-hydrogen) atoms. The summed E-state index contributed by atoms with van der Waals surface area (Å²) < 4.78 is 0. The SMILES string of the molecule is CC(C)C(=O)ON1C(C)(C)C(CO[N+](=O)[O-])C(C(N)=O)C1(C)C. The molecule has 0 saturated carbocycles. The maximum Gasteiger partial charge on any atom is 0.327 e. The molecule has 2 unspecified atom stereocenters. The fourth-order valence-electron chi connectivity index (χ4n) is 3.34. The fraction of sp³-hybridized carbons (Fsp3) is 0.857. The van der Waals surface area contributed by atoms with Crippen molar-refractivity contribution in [2.75, 3.05) is 6.61 Å². The summed E-state index contributed by atoms with van der Waals surface area (Å²) in [7, 11) is 0. The van der Waals surface area contributed by atoms with E-state index < -0.39 is 39.9 Å². The van der Waals surface area contributed by atoms with Crippen LogP contribution >= 0.6 is 0 Å². The summed E-state index contributed by atoms with van der Waals surface area (Å²) in [5, 5.41) is 11.0. The molecule has 2 N–H and O–H groups in total. The van der Waals surface area contributed by atoms with E-state index in [0.29, 0.717) is 0 Å². The Morgan fingerprint density at radius 3 is 2.17 bits per heavy atom. The van der Waals surface area contributed by atoms with Crippen LogP contribution in [0, 0.1) is 27.9 Å². The lowest BCUT2D eigenvalue weighted by atomic mass is 9.77. The number of carbonyl (C=O) groups is 2. The van der Waals surface area contributed by atoms with E-state index in [9.17, 15) is 19.7 Å². The number of nitrogens with zero attached hydrogens (tertiary/aromatic N) is 2. The first kappa shape index (κ1) is 19.1. The van der Waals surface area contributed by atoms with E-state index in [1.165, 1.54) is 5.06 Å². The van der Waals surface area contributed by atoms with E-state index in [1.807, 2.05) is 0 Å². The van der Waals surface area contributed by atoms with Crippen LogP contribution in [0.25, 0.3) is 0 Å². The first-order chi connectivity index (χ1) is 10.3. The fourth-order valence-corrected chi connectivity index (χ4v) is 3.34. The highest BCUT2D eigenvalue weighted by Gasteiger charge is 2.62. The molecule has 0 aromatic rings. The molecule has 1 aliphatic heterocycles. The number of rotatable bonds is 6. The molecule has 0 spiro atoms. The van der Waals surface area contributed by atoms with Crippen molar-refractivity contribution in [1.82, 2.24) is 5.06 Å². The van der Waals surface area contributed by atoms with Gasteiger partial charge in [0.15, 0.2) is 0 Å². The molecule has 1 rings (SSSR count). The molecule has 132 valence electrons. The van der Waals surface area contributed by atoms with Crippen LogP contribution < -0.4 is 5.73 Å². The highest BCUT2D eigenvalue weighted by molar-refractivity contribution is 5.79. The molecule has 9 nitrogen and oxygen atoms in total.